The molecule has 2 unspecified atom stereocenters. The number of hydrogen-bond acceptors (Lipinski definition) is 2. The zero-order valence-corrected chi connectivity index (χ0v) is 13.1. The lowest BCUT2D eigenvalue weighted by molar-refractivity contribution is 0.128. The van der Waals surface area contributed by atoms with Crippen LogP contribution in [0.3, 0.4) is 0 Å². The molecular formula is C18H30N2. The number of aryl methyl sites for hydroxylation is 1. The van der Waals surface area contributed by atoms with Crippen LogP contribution < -0.4 is 5.73 Å². The highest BCUT2D eigenvalue weighted by molar-refractivity contribution is 5.22. The number of nitrogens with two attached hydrogens (primary N) is 1. The smallest absolute Gasteiger partial charge is 0.0236 e. The average Bonchev–Trinajstić information content (AvgIpc) is 2.46. The van der Waals surface area contributed by atoms with Crippen molar-refractivity contribution in [1.29, 1.82) is 0 Å². The van der Waals surface area contributed by atoms with Gasteiger partial charge in [-0.15, -0.1) is 0 Å². The van der Waals surface area contributed by atoms with E-state index >= 15 is 0 Å². The third-order valence-electron chi connectivity index (χ3n) is 4.61. The Labute approximate surface area is 124 Å². The molecule has 0 aliphatic carbocycles. The highest BCUT2D eigenvalue weighted by Gasteiger charge is 2.22. The number of piperidine rings is 1. The van der Waals surface area contributed by atoms with E-state index in [0.29, 0.717) is 6.04 Å². The summed E-state index contributed by atoms with van der Waals surface area (Å²) in [5.74, 6) is 0. The Hall–Kier alpha value is -0.860. The van der Waals surface area contributed by atoms with Crippen molar-refractivity contribution < 1.29 is 0 Å². The molecule has 0 aromatic heterocycles. The monoisotopic (exact) mass is 274 g/mol. The van der Waals surface area contributed by atoms with Gasteiger partial charge in [0.25, 0.3) is 0 Å². The molecule has 1 aliphatic heterocycles. The number of benzene rings is 1. The van der Waals surface area contributed by atoms with Crippen molar-refractivity contribution in [3.05, 3.63) is 35.4 Å². The molecular weight excluding hydrogens is 244 g/mol. The first-order valence-corrected chi connectivity index (χ1v) is 8.24. The van der Waals surface area contributed by atoms with Crippen molar-refractivity contribution in [3.8, 4) is 0 Å². The molecule has 0 spiro atoms. The average molecular weight is 274 g/mol. The Kier molecular flexibility index (Phi) is 6.06. The number of nitrogens with zero attached hydrogens (tertiary/aromatic N) is 1. The van der Waals surface area contributed by atoms with E-state index in [0.717, 1.165) is 19.0 Å². The van der Waals surface area contributed by atoms with Gasteiger partial charge in [0.1, 0.15) is 0 Å². The summed E-state index contributed by atoms with van der Waals surface area (Å²) in [6.07, 6.45) is 7.62. The van der Waals surface area contributed by atoms with Crippen molar-refractivity contribution in [3.63, 3.8) is 0 Å². The van der Waals surface area contributed by atoms with Crippen molar-refractivity contribution in [1.82, 2.24) is 4.90 Å². The first-order chi connectivity index (χ1) is 9.69. The molecule has 1 aromatic carbocycles. The standard InChI is InChI=1S/C18H30N2/c1-3-17(19)10-11-18-9-4-5-12-20(18)14-16-8-6-7-15(2)13-16/h6-8,13,17-18H,3-5,9-12,14,19H2,1-2H3. The molecule has 2 atom stereocenters. The van der Waals surface area contributed by atoms with Gasteiger partial charge in [-0.2, -0.15) is 0 Å². The summed E-state index contributed by atoms with van der Waals surface area (Å²) in [6, 6.07) is 10.1. The summed E-state index contributed by atoms with van der Waals surface area (Å²) in [7, 11) is 0. The van der Waals surface area contributed by atoms with Gasteiger partial charge in [-0.3, -0.25) is 4.90 Å². The quantitative estimate of drug-likeness (QED) is 0.853. The minimum absolute atomic E-state index is 0.387. The molecule has 20 heavy (non-hydrogen) atoms. The zero-order chi connectivity index (χ0) is 14.4. The Balaban J connectivity index is 1.92. The van der Waals surface area contributed by atoms with Crippen LogP contribution in [-0.2, 0) is 6.54 Å². The molecule has 2 N–H and O–H groups in total. The minimum Gasteiger partial charge on any atom is -0.328 e. The first-order valence-electron chi connectivity index (χ1n) is 8.24. The molecule has 1 aliphatic rings. The predicted molar refractivity (Wildman–Crippen MR) is 86.7 cm³/mol. The van der Waals surface area contributed by atoms with Gasteiger partial charge in [0.2, 0.25) is 0 Å². The lowest BCUT2D eigenvalue weighted by atomic mass is 9.95. The molecule has 2 heteroatoms. The summed E-state index contributed by atoms with van der Waals surface area (Å²) < 4.78 is 0. The van der Waals surface area contributed by atoms with Crippen LogP contribution in [0.4, 0.5) is 0 Å². The fourth-order valence-electron chi connectivity index (χ4n) is 3.25. The number of rotatable bonds is 6. The molecule has 2 rings (SSSR count). The summed E-state index contributed by atoms with van der Waals surface area (Å²) in [4.78, 5) is 2.68. The molecule has 2 nitrogen and oxygen atoms in total. The van der Waals surface area contributed by atoms with E-state index < -0.39 is 0 Å². The fourth-order valence-corrected chi connectivity index (χ4v) is 3.25. The predicted octanol–water partition coefficient (Wildman–Crippen LogP) is 3.87. The lowest BCUT2D eigenvalue weighted by Crippen LogP contribution is -2.39. The van der Waals surface area contributed by atoms with E-state index in [1.807, 2.05) is 0 Å². The molecule has 1 heterocycles. The highest BCUT2D eigenvalue weighted by atomic mass is 15.2. The first kappa shape index (κ1) is 15.5. The van der Waals surface area contributed by atoms with Gasteiger partial charge in [-0.05, 0) is 51.1 Å². The van der Waals surface area contributed by atoms with E-state index in [9.17, 15) is 0 Å². The van der Waals surface area contributed by atoms with Crippen LogP contribution in [0.5, 0.6) is 0 Å². The Morgan fingerprint density at radius 2 is 2.20 bits per heavy atom. The van der Waals surface area contributed by atoms with Crippen molar-refractivity contribution in [2.24, 2.45) is 5.73 Å². The maximum atomic E-state index is 6.09. The molecule has 1 saturated heterocycles. The van der Waals surface area contributed by atoms with Crippen molar-refractivity contribution in [2.45, 2.75) is 71.0 Å². The van der Waals surface area contributed by atoms with Crippen LogP contribution in [0, 0.1) is 6.92 Å². The third kappa shape index (κ3) is 4.60. The van der Waals surface area contributed by atoms with E-state index in [4.69, 9.17) is 5.73 Å². The van der Waals surface area contributed by atoms with Crippen LogP contribution in [0.1, 0.15) is 56.6 Å². The van der Waals surface area contributed by atoms with E-state index in [-0.39, 0.29) is 0 Å². The van der Waals surface area contributed by atoms with E-state index in [1.165, 1.54) is 49.8 Å². The van der Waals surface area contributed by atoms with Crippen LogP contribution in [0.25, 0.3) is 0 Å². The highest BCUT2D eigenvalue weighted by Crippen LogP contribution is 2.23. The molecule has 1 aromatic rings. The number of hydrogen-bond donors (Lipinski definition) is 1. The molecule has 0 radical (unpaired) electrons. The number of likely N-dealkylation sites (tertiary alicyclic amines) is 1. The van der Waals surface area contributed by atoms with Crippen LogP contribution in [-0.4, -0.2) is 23.5 Å². The lowest BCUT2D eigenvalue weighted by Gasteiger charge is -2.36. The van der Waals surface area contributed by atoms with Crippen molar-refractivity contribution in [2.75, 3.05) is 6.54 Å². The second kappa shape index (κ2) is 7.80. The van der Waals surface area contributed by atoms with Crippen LogP contribution in [0.2, 0.25) is 0 Å². The molecule has 0 bridgehead atoms. The Morgan fingerprint density at radius 1 is 1.35 bits per heavy atom. The molecule has 112 valence electrons. The second-order valence-electron chi connectivity index (χ2n) is 6.35. The molecule has 0 amide bonds. The van der Waals surface area contributed by atoms with Crippen LogP contribution in [0.15, 0.2) is 24.3 Å². The Morgan fingerprint density at radius 3 is 2.95 bits per heavy atom. The summed E-state index contributed by atoms with van der Waals surface area (Å²) in [5.41, 5.74) is 8.91. The molecule has 1 fully saturated rings. The zero-order valence-electron chi connectivity index (χ0n) is 13.1. The SMILES string of the molecule is CCC(N)CCC1CCCCN1Cc1cccc(C)c1. The largest absolute Gasteiger partial charge is 0.328 e. The van der Waals surface area contributed by atoms with Gasteiger partial charge < -0.3 is 5.73 Å². The normalized spacial score (nSPS) is 21.9. The van der Waals surface area contributed by atoms with Gasteiger partial charge in [0.15, 0.2) is 0 Å². The fraction of sp³-hybridized carbons (Fsp3) is 0.667. The molecule has 0 saturated carbocycles. The summed E-state index contributed by atoms with van der Waals surface area (Å²) >= 11 is 0. The van der Waals surface area contributed by atoms with E-state index in [1.54, 1.807) is 0 Å². The van der Waals surface area contributed by atoms with E-state index in [2.05, 4.69) is 43.0 Å². The van der Waals surface area contributed by atoms with Gasteiger partial charge in [-0.25, -0.2) is 0 Å². The minimum atomic E-state index is 0.387. The van der Waals surface area contributed by atoms with Gasteiger partial charge in [0.05, 0.1) is 0 Å². The summed E-state index contributed by atoms with van der Waals surface area (Å²) in [5, 5.41) is 0. The van der Waals surface area contributed by atoms with Crippen LogP contribution >= 0.6 is 0 Å². The van der Waals surface area contributed by atoms with Gasteiger partial charge in [-0.1, -0.05) is 43.2 Å². The topological polar surface area (TPSA) is 29.3 Å². The maximum absolute atomic E-state index is 6.09. The third-order valence-corrected chi connectivity index (χ3v) is 4.61. The van der Waals surface area contributed by atoms with Crippen molar-refractivity contribution >= 4 is 0 Å². The second-order valence-corrected chi connectivity index (χ2v) is 6.35. The Bertz CT molecular complexity index is 402. The summed E-state index contributed by atoms with van der Waals surface area (Å²) in [6.45, 7) is 6.72. The maximum Gasteiger partial charge on any atom is 0.0236 e. The van der Waals surface area contributed by atoms with Gasteiger partial charge >= 0.3 is 0 Å². The van der Waals surface area contributed by atoms with Gasteiger partial charge in [0, 0.05) is 18.6 Å².